The van der Waals surface area contributed by atoms with Gasteiger partial charge in [0.15, 0.2) is 8.32 Å². The predicted octanol–water partition coefficient (Wildman–Crippen LogP) is 3.21. The zero-order valence-electron chi connectivity index (χ0n) is 13.2. The van der Waals surface area contributed by atoms with Crippen LogP contribution in [0.1, 0.15) is 33.6 Å². The minimum atomic E-state index is -1.78. The maximum absolute atomic E-state index is 11.9. The van der Waals surface area contributed by atoms with E-state index < -0.39 is 8.32 Å². The fraction of sp³-hybridized carbons (Fsp3) is 0.812. The summed E-state index contributed by atoms with van der Waals surface area (Å²) < 4.78 is 11.7. The Balaban J connectivity index is 2.03. The zero-order valence-corrected chi connectivity index (χ0v) is 14.2. The van der Waals surface area contributed by atoms with Gasteiger partial charge in [-0.2, -0.15) is 0 Å². The van der Waals surface area contributed by atoms with Gasteiger partial charge in [0.2, 0.25) is 0 Å². The van der Waals surface area contributed by atoms with Crippen molar-refractivity contribution in [3.8, 4) is 12.3 Å². The smallest absolute Gasteiger partial charge is 0.309 e. The summed E-state index contributed by atoms with van der Waals surface area (Å²) in [4.78, 5) is 11.9. The van der Waals surface area contributed by atoms with Crippen molar-refractivity contribution in [2.75, 3.05) is 6.61 Å². The largest absolute Gasteiger partial charge is 0.461 e. The van der Waals surface area contributed by atoms with E-state index in [4.69, 9.17) is 15.6 Å². The minimum absolute atomic E-state index is 0.00521. The summed E-state index contributed by atoms with van der Waals surface area (Å²) >= 11 is 0. The van der Waals surface area contributed by atoms with Crippen LogP contribution >= 0.6 is 0 Å². The summed E-state index contributed by atoms with van der Waals surface area (Å²) in [7, 11) is -1.78. The van der Waals surface area contributed by atoms with Crippen molar-refractivity contribution in [3.63, 3.8) is 0 Å². The van der Waals surface area contributed by atoms with Crippen molar-refractivity contribution in [3.05, 3.63) is 0 Å². The summed E-state index contributed by atoms with van der Waals surface area (Å²) in [5.41, 5.74) is 0. The van der Waals surface area contributed by atoms with E-state index in [1.54, 1.807) is 0 Å². The first-order valence-electron chi connectivity index (χ1n) is 7.46. The molecule has 2 rings (SSSR count). The third kappa shape index (κ3) is 2.80. The maximum atomic E-state index is 11.9. The number of carbonyl (C=O) groups is 1. The second-order valence-electron chi connectivity index (χ2n) is 7.66. The van der Waals surface area contributed by atoms with Gasteiger partial charge in [0.05, 0.1) is 11.8 Å². The zero-order chi connectivity index (χ0) is 15.1. The SMILES string of the molecule is C#C[C@@H]1C[C@H](CO[Si](C)(C)C(C)(C)C)[C@@H]2C[C@H]1OC2=O. The lowest BCUT2D eigenvalue weighted by Crippen LogP contribution is -2.43. The molecule has 1 heterocycles. The highest BCUT2D eigenvalue weighted by Gasteiger charge is 2.49. The van der Waals surface area contributed by atoms with Crippen molar-refractivity contribution in [2.45, 2.75) is 57.8 Å². The van der Waals surface area contributed by atoms with Gasteiger partial charge in [-0.3, -0.25) is 4.79 Å². The summed E-state index contributed by atoms with van der Waals surface area (Å²) in [5, 5.41) is 0.186. The quantitative estimate of drug-likeness (QED) is 0.455. The Morgan fingerprint density at radius 2 is 2.05 bits per heavy atom. The Morgan fingerprint density at radius 3 is 2.60 bits per heavy atom. The number of carbonyl (C=O) groups excluding carboxylic acids is 1. The van der Waals surface area contributed by atoms with Crippen LogP contribution in [-0.2, 0) is 14.0 Å². The first kappa shape index (κ1) is 15.6. The van der Waals surface area contributed by atoms with Crippen LogP contribution in [0.4, 0.5) is 0 Å². The normalized spacial score (nSPS) is 33.7. The number of terminal acetylenes is 1. The third-order valence-electron chi connectivity index (χ3n) is 5.31. The Bertz CT molecular complexity index is 430. The van der Waals surface area contributed by atoms with E-state index in [-0.39, 0.29) is 34.9 Å². The van der Waals surface area contributed by atoms with Crippen LogP contribution in [0, 0.1) is 30.1 Å². The molecule has 20 heavy (non-hydrogen) atoms. The molecule has 0 spiro atoms. The maximum Gasteiger partial charge on any atom is 0.309 e. The number of ether oxygens (including phenoxy) is 1. The first-order valence-corrected chi connectivity index (χ1v) is 10.4. The van der Waals surface area contributed by atoms with Crippen molar-refractivity contribution in [1.82, 2.24) is 0 Å². The number of hydrogen-bond donors (Lipinski definition) is 0. The van der Waals surface area contributed by atoms with Crippen LogP contribution in [0.5, 0.6) is 0 Å². The van der Waals surface area contributed by atoms with Crippen LogP contribution in [0.2, 0.25) is 18.1 Å². The van der Waals surface area contributed by atoms with Gasteiger partial charge in [-0.25, -0.2) is 0 Å². The second kappa shape index (κ2) is 5.20. The van der Waals surface area contributed by atoms with E-state index in [1.807, 2.05) is 0 Å². The molecule has 2 bridgehead atoms. The minimum Gasteiger partial charge on any atom is -0.461 e. The number of rotatable bonds is 3. The molecule has 112 valence electrons. The van der Waals surface area contributed by atoms with E-state index in [2.05, 4.69) is 39.8 Å². The molecule has 4 atom stereocenters. The molecule has 0 unspecified atom stereocenters. The van der Waals surface area contributed by atoms with Crippen LogP contribution in [0.3, 0.4) is 0 Å². The lowest BCUT2D eigenvalue weighted by molar-refractivity contribution is -0.144. The van der Waals surface area contributed by atoms with Gasteiger partial charge >= 0.3 is 5.97 Å². The molecule has 0 N–H and O–H groups in total. The first-order chi connectivity index (χ1) is 9.15. The molecular weight excluding hydrogens is 268 g/mol. The number of hydrogen-bond acceptors (Lipinski definition) is 3. The van der Waals surface area contributed by atoms with Gasteiger partial charge < -0.3 is 9.16 Å². The van der Waals surface area contributed by atoms with Crippen molar-refractivity contribution in [1.29, 1.82) is 0 Å². The molecule has 0 amide bonds. The Kier molecular flexibility index (Phi) is 4.05. The van der Waals surface area contributed by atoms with E-state index in [0.29, 0.717) is 6.61 Å². The molecule has 1 aliphatic heterocycles. The lowest BCUT2D eigenvalue weighted by atomic mass is 9.75. The summed E-state index contributed by atoms with van der Waals surface area (Å²) in [6.45, 7) is 11.8. The van der Waals surface area contributed by atoms with Crippen molar-refractivity contribution >= 4 is 14.3 Å². The van der Waals surface area contributed by atoms with Gasteiger partial charge in [0.25, 0.3) is 0 Å². The monoisotopic (exact) mass is 294 g/mol. The molecule has 1 saturated heterocycles. The van der Waals surface area contributed by atoms with Crippen LogP contribution in [-0.4, -0.2) is 27.0 Å². The second-order valence-corrected chi connectivity index (χ2v) is 12.5. The molecule has 2 aliphatic rings. The van der Waals surface area contributed by atoms with Crippen molar-refractivity contribution in [2.24, 2.45) is 17.8 Å². The van der Waals surface area contributed by atoms with Crippen LogP contribution in [0.15, 0.2) is 0 Å². The van der Waals surface area contributed by atoms with E-state index in [1.165, 1.54) is 0 Å². The summed E-state index contributed by atoms with van der Waals surface area (Å²) in [5.74, 6) is 2.99. The summed E-state index contributed by atoms with van der Waals surface area (Å²) in [6.07, 6.45) is 7.15. The molecule has 0 radical (unpaired) electrons. The van der Waals surface area contributed by atoms with E-state index in [9.17, 15) is 4.79 Å². The topological polar surface area (TPSA) is 35.5 Å². The molecule has 0 aromatic heterocycles. The highest BCUT2D eigenvalue weighted by Crippen LogP contribution is 2.43. The molecule has 3 nitrogen and oxygen atoms in total. The molecule has 1 saturated carbocycles. The van der Waals surface area contributed by atoms with E-state index in [0.717, 1.165) is 12.8 Å². The fourth-order valence-electron chi connectivity index (χ4n) is 2.80. The number of fused-ring (bicyclic) bond motifs is 2. The lowest BCUT2D eigenvalue weighted by Gasteiger charge is -2.38. The Morgan fingerprint density at radius 1 is 1.40 bits per heavy atom. The summed E-state index contributed by atoms with van der Waals surface area (Å²) in [6, 6.07) is 0. The molecule has 1 aliphatic carbocycles. The highest BCUT2D eigenvalue weighted by molar-refractivity contribution is 6.74. The Hall–Kier alpha value is -0.793. The third-order valence-corrected chi connectivity index (χ3v) is 9.81. The van der Waals surface area contributed by atoms with Gasteiger partial charge in [-0.05, 0) is 36.9 Å². The fourth-order valence-corrected chi connectivity index (χ4v) is 3.86. The molecule has 0 aromatic carbocycles. The molecule has 4 heteroatoms. The van der Waals surface area contributed by atoms with Gasteiger partial charge in [0, 0.05) is 6.61 Å². The molecular formula is C16H26O3Si. The van der Waals surface area contributed by atoms with Gasteiger partial charge in [-0.1, -0.05) is 26.7 Å². The highest BCUT2D eigenvalue weighted by atomic mass is 28.4. The average Bonchev–Trinajstić information content (AvgIpc) is 2.65. The average molecular weight is 294 g/mol. The van der Waals surface area contributed by atoms with Crippen molar-refractivity contribution < 1.29 is 14.0 Å². The molecule has 2 fully saturated rings. The van der Waals surface area contributed by atoms with Gasteiger partial charge in [-0.15, -0.1) is 6.42 Å². The number of esters is 1. The van der Waals surface area contributed by atoms with Crippen LogP contribution in [0.25, 0.3) is 0 Å². The Labute approximate surface area is 123 Å². The van der Waals surface area contributed by atoms with Gasteiger partial charge in [0.1, 0.15) is 6.10 Å². The standard InChI is InChI=1S/C16H26O3Si/c1-7-11-8-12(13-9-14(11)19-15(13)17)10-18-20(5,6)16(2,3)4/h1,11-14H,8-10H2,2-6H3/t11-,12-,13+,14-/m1/s1. The molecule has 0 aromatic rings. The van der Waals surface area contributed by atoms with E-state index >= 15 is 0 Å². The van der Waals surface area contributed by atoms with Crippen LogP contribution < -0.4 is 0 Å². The predicted molar refractivity (Wildman–Crippen MR) is 81.6 cm³/mol.